The molecule has 0 spiro atoms. The first kappa shape index (κ1) is 24.4. The molecule has 2 amide bonds. The van der Waals surface area contributed by atoms with E-state index < -0.39 is 33.9 Å². The number of sulfone groups is 1. The second-order valence-corrected chi connectivity index (χ2v) is 10.5. The van der Waals surface area contributed by atoms with E-state index in [2.05, 4.69) is 0 Å². The van der Waals surface area contributed by atoms with Gasteiger partial charge in [0.1, 0.15) is 0 Å². The van der Waals surface area contributed by atoms with Gasteiger partial charge in [-0.2, -0.15) is 0 Å². The summed E-state index contributed by atoms with van der Waals surface area (Å²) in [6, 6.07) is 15.3. The van der Waals surface area contributed by atoms with Crippen molar-refractivity contribution >= 4 is 27.6 Å². The van der Waals surface area contributed by atoms with Crippen molar-refractivity contribution in [3.8, 4) is 0 Å². The van der Waals surface area contributed by atoms with Gasteiger partial charge in [0.15, 0.2) is 15.9 Å². The van der Waals surface area contributed by atoms with Crippen LogP contribution in [-0.4, -0.2) is 73.7 Å². The third-order valence-electron chi connectivity index (χ3n) is 5.72. The SMILES string of the molecule is CC(OC(=O)c1ccccc1C(=O)N(C)Cc1ccccc1)C(=O)N(C)C1CCS(=O)(=O)C1. The summed E-state index contributed by atoms with van der Waals surface area (Å²) in [5, 5.41) is 0. The van der Waals surface area contributed by atoms with Crippen LogP contribution >= 0.6 is 0 Å². The summed E-state index contributed by atoms with van der Waals surface area (Å²) in [4.78, 5) is 41.4. The molecule has 8 nitrogen and oxygen atoms in total. The van der Waals surface area contributed by atoms with Crippen LogP contribution in [0, 0.1) is 0 Å². The molecule has 0 N–H and O–H groups in total. The highest BCUT2D eigenvalue weighted by Gasteiger charge is 2.35. The van der Waals surface area contributed by atoms with Crippen LogP contribution in [0.3, 0.4) is 0 Å². The van der Waals surface area contributed by atoms with E-state index in [1.165, 1.54) is 29.8 Å². The molecule has 0 saturated carbocycles. The lowest BCUT2D eigenvalue weighted by atomic mass is 10.1. The molecule has 0 aromatic heterocycles. The first-order valence-corrected chi connectivity index (χ1v) is 12.5. The summed E-state index contributed by atoms with van der Waals surface area (Å²) in [5.41, 5.74) is 1.19. The number of amides is 2. The van der Waals surface area contributed by atoms with E-state index in [-0.39, 0.29) is 28.5 Å². The van der Waals surface area contributed by atoms with Crippen LogP contribution in [0.4, 0.5) is 0 Å². The summed E-state index contributed by atoms with van der Waals surface area (Å²) in [5.74, 6) is -1.69. The molecule has 9 heteroatoms. The van der Waals surface area contributed by atoms with Crippen molar-refractivity contribution in [2.45, 2.75) is 32.0 Å². The molecule has 2 aromatic carbocycles. The van der Waals surface area contributed by atoms with Gasteiger partial charge in [0.05, 0.1) is 22.6 Å². The fourth-order valence-corrected chi connectivity index (χ4v) is 5.58. The number of benzene rings is 2. The Morgan fingerprint density at radius 2 is 1.61 bits per heavy atom. The fourth-order valence-electron chi connectivity index (χ4n) is 3.80. The van der Waals surface area contributed by atoms with Crippen molar-refractivity contribution in [3.63, 3.8) is 0 Å². The zero-order valence-electron chi connectivity index (χ0n) is 18.9. The average Bonchev–Trinajstić information content (AvgIpc) is 3.17. The second kappa shape index (κ2) is 10.2. The molecule has 0 bridgehead atoms. The monoisotopic (exact) mass is 472 g/mol. The molecule has 1 heterocycles. The van der Waals surface area contributed by atoms with Crippen molar-refractivity contribution in [1.29, 1.82) is 0 Å². The fraction of sp³-hybridized carbons (Fsp3) is 0.375. The summed E-state index contributed by atoms with van der Waals surface area (Å²) in [6.45, 7) is 1.80. The Morgan fingerprint density at radius 3 is 2.21 bits per heavy atom. The summed E-state index contributed by atoms with van der Waals surface area (Å²) < 4.78 is 28.8. The molecule has 2 aromatic rings. The van der Waals surface area contributed by atoms with Gasteiger partial charge >= 0.3 is 5.97 Å². The summed E-state index contributed by atoms with van der Waals surface area (Å²) >= 11 is 0. The lowest BCUT2D eigenvalue weighted by Gasteiger charge is -2.26. The van der Waals surface area contributed by atoms with E-state index in [1.54, 1.807) is 25.2 Å². The van der Waals surface area contributed by atoms with Gasteiger partial charge in [-0.05, 0) is 31.0 Å². The van der Waals surface area contributed by atoms with Gasteiger partial charge in [0, 0.05) is 26.7 Å². The molecule has 1 aliphatic heterocycles. The Kier molecular flexibility index (Phi) is 7.53. The Hall–Kier alpha value is -3.20. The molecule has 33 heavy (non-hydrogen) atoms. The van der Waals surface area contributed by atoms with Crippen LogP contribution in [-0.2, 0) is 25.9 Å². The van der Waals surface area contributed by atoms with Gasteiger partial charge in [-0.25, -0.2) is 13.2 Å². The Bertz CT molecular complexity index is 1130. The number of hydrogen-bond donors (Lipinski definition) is 0. The highest BCUT2D eigenvalue weighted by atomic mass is 32.2. The molecule has 1 aliphatic rings. The first-order valence-electron chi connectivity index (χ1n) is 10.7. The number of esters is 1. The molecule has 3 rings (SSSR count). The Balaban J connectivity index is 1.69. The minimum atomic E-state index is -3.16. The molecule has 1 saturated heterocycles. The topological polar surface area (TPSA) is 101 Å². The van der Waals surface area contributed by atoms with E-state index in [0.717, 1.165) is 5.56 Å². The number of rotatable bonds is 7. The molecule has 0 aliphatic carbocycles. The van der Waals surface area contributed by atoms with Gasteiger partial charge in [0.25, 0.3) is 11.8 Å². The van der Waals surface area contributed by atoms with E-state index in [1.807, 2.05) is 30.3 Å². The summed E-state index contributed by atoms with van der Waals surface area (Å²) in [6.07, 6.45) is -0.771. The highest BCUT2D eigenvalue weighted by molar-refractivity contribution is 7.91. The van der Waals surface area contributed by atoms with Crippen LogP contribution < -0.4 is 0 Å². The third kappa shape index (κ3) is 5.98. The number of likely N-dealkylation sites (N-methyl/N-ethyl adjacent to an activating group) is 1. The maximum absolute atomic E-state index is 13.0. The van der Waals surface area contributed by atoms with E-state index in [9.17, 15) is 22.8 Å². The molecule has 0 radical (unpaired) electrons. The predicted molar refractivity (Wildman–Crippen MR) is 123 cm³/mol. The van der Waals surface area contributed by atoms with Gasteiger partial charge in [-0.1, -0.05) is 42.5 Å². The molecule has 2 atom stereocenters. The first-order chi connectivity index (χ1) is 15.6. The maximum atomic E-state index is 13.0. The van der Waals surface area contributed by atoms with Crippen LogP contribution in [0.15, 0.2) is 54.6 Å². The van der Waals surface area contributed by atoms with E-state index >= 15 is 0 Å². The summed E-state index contributed by atoms with van der Waals surface area (Å²) in [7, 11) is -0.000387. The van der Waals surface area contributed by atoms with Crippen LogP contribution in [0.2, 0.25) is 0 Å². The second-order valence-electron chi connectivity index (χ2n) is 8.25. The number of carbonyl (C=O) groups is 3. The van der Waals surface area contributed by atoms with Crippen molar-refractivity contribution in [1.82, 2.24) is 9.80 Å². The predicted octanol–water partition coefficient (Wildman–Crippen LogP) is 2.15. The van der Waals surface area contributed by atoms with Crippen LogP contribution in [0.1, 0.15) is 39.6 Å². The van der Waals surface area contributed by atoms with Gasteiger partial charge < -0.3 is 14.5 Å². The minimum absolute atomic E-state index is 0.0371. The van der Waals surface area contributed by atoms with Crippen molar-refractivity contribution < 1.29 is 27.5 Å². The molecule has 176 valence electrons. The smallest absolute Gasteiger partial charge is 0.339 e. The Morgan fingerprint density at radius 1 is 1.00 bits per heavy atom. The standard InChI is InChI=1S/C24H28N2O6S/c1-17(22(27)26(3)19-13-14-33(30,31)16-19)32-24(29)21-12-8-7-11-20(21)23(28)25(2)15-18-9-5-4-6-10-18/h4-12,17,19H,13-16H2,1-3H3. The zero-order valence-corrected chi connectivity index (χ0v) is 19.7. The van der Waals surface area contributed by atoms with Crippen molar-refractivity contribution in [3.05, 3.63) is 71.3 Å². The average molecular weight is 473 g/mol. The lowest BCUT2D eigenvalue weighted by molar-refractivity contribution is -0.140. The maximum Gasteiger partial charge on any atom is 0.339 e. The lowest BCUT2D eigenvalue weighted by Crippen LogP contribution is -2.44. The number of hydrogen-bond acceptors (Lipinski definition) is 6. The van der Waals surface area contributed by atoms with Crippen molar-refractivity contribution in [2.75, 3.05) is 25.6 Å². The molecular formula is C24H28N2O6S. The highest BCUT2D eigenvalue weighted by Crippen LogP contribution is 2.19. The zero-order chi connectivity index (χ0) is 24.2. The normalized spacial score (nSPS) is 17.7. The molecule has 1 fully saturated rings. The number of ether oxygens (including phenoxy) is 1. The number of carbonyl (C=O) groups excluding carboxylic acids is 3. The Labute approximate surface area is 194 Å². The quantitative estimate of drug-likeness (QED) is 0.573. The minimum Gasteiger partial charge on any atom is -0.449 e. The van der Waals surface area contributed by atoms with Gasteiger partial charge in [-0.15, -0.1) is 0 Å². The van der Waals surface area contributed by atoms with Gasteiger partial charge in [0.2, 0.25) is 0 Å². The van der Waals surface area contributed by atoms with Crippen molar-refractivity contribution in [2.24, 2.45) is 0 Å². The largest absolute Gasteiger partial charge is 0.449 e. The van der Waals surface area contributed by atoms with Gasteiger partial charge in [-0.3, -0.25) is 9.59 Å². The number of nitrogens with zero attached hydrogens (tertiary/aromatic N) is 2. The van der Waals surface area contributed by atoms with Crippen LogP contribution in [0.25, 0.3) is 0 Å². The molecular weight excluding hydrogens is 444 g/mol. The third-order valence-corrected chi connectivity index (χ3v) is 7.47. The molecule has 2 unspecified atom stereocenters. The van der Waals surface area contributed by atoms with E-state index in [0.29, 0.717) is 13.0 Å². The van der Waals surface area contributed by atoms with E-state index in [4.69, 9.17) is 4.74 Å². The van der Waals surface area contributed by atoms with Crippen LogP contribution in [0.5, 0.6) is 0 Å².